The molecule has 3 heterocycles. The number of nitrogens with one attached hydrogen (secondary N) is 1. The molecule has 0 atom stereocenters. The van der Waals surface area contributed by atoms with Crippen LogP contribution in [0.3, 0.4) is 0 Å². The van der Waals surface area contributed by atoms with Crippen molar-refractivity contribution in [3.8, 4) is 5.75 Å². The first-order valence-electron chi connectivity index (χ1n) is 6.26. The Labute approximate surface area is 116 Å². The second kappa shape index (κ2) is 4.68. The van der Waals surface area contributed by atoms with Gasteiger partial charge in [-0.1, -0.05) is 0 Å². The van der Waals surface area contributed by atoms with Gasteiger partial charge in [-0.25, -0.2) is 10.1 Å². The van der Waals surface area contributed by atoms with Crippen LogP contribution in [0.4, 0.5) is 5.95 Å². The summed E-state index contributed by atoms with van der Waals surface area (Å²) in [6, 6.07) is 0. The van der Waals surface area contributed by atoms with E-state index >= 15 is 0 Å². The summed E-state index contributed by atoms with van der Waals surface area (Å²) >= 11 is 0. The van der Waals surface area contributed by atoms with Gasteiger partial charge in [-0.15, -0.1) is 0 Å². The Morgan fingerprint density at radius 2 is 2.25 bits per heavy atom. The molecule has 0 bridgehead atoms. The minimum atomic E-state index is -0.639. The summed E-state index contributed by atoms with van der Waals surface area (Å²) in [6.07, 6.45) is 4.83. The van der Waals surface area contributed by atoms with Crippen molar-refractivity contribution in [2.75, 3.05) is 0 Å². The third-order valence-electron chi connectivity index (χ3n) is 2.99. The second-order valence-corrected chi connectivity index (χ2v) is 4.96. The minimum absolute atomic E-state index is 0.442. The minimum Gasteiger partial charge on any atom is -0.461 e. The molecule has 1 aliphatic heterocycles. The summed E-state index contributed by atoms with van der Waals surface area (Å²) in [5, 5.41) is 6.41. The average Bonchev–Trinajstić information content (AvgIpc) is 2.91. The zero-order valence-corrected chi connectivity index (χ0v) is 11.5. The fourth-order valence-corrected chi connectivity index (χ4v) is 1.96. The molecule has 2 aromatic rings. The van der Waals surface area contributed by atoms with Crippen LogP contribution in [0.1, 0.15) is 30.7 Å². The van der Waals surface area contributed by atoms with Gasteiger partial charge in [0.1, 0.15) is 6.33 Å². The van der Waals surface area contributed by atoms with E-state index in [-0.39, 0.29) is 0 Å². The molecule has 0 aliphatic carbocycles. The molecule has 0 unspecified atom stereocenters. The van der Waals surface area contributed by atoms with Crippen LogP contribution in [-0.4, -0.2) is 32.2 Å². The van der Waals surface area contributed by atoms with E-state index in [1.54, 1.807) is 12.4 Å². The maximum Gasteiger partial charge on any atom is 0.245 e. The average molecular weight is 273 g/mol. The molecular formula is C13H15N5O2. The van der Waals surface area contributed by atoms with Crippen LogP contribution in [-0.2, 0) is 11.3 Å². The number of H-pyrrole nitrogens is 1. The third-order valence-corrected chi connectivity index (χ3v) is 2.99. The summed E-state index contributed by atoms with van der Waals surface area (Å²) in [6.45, 7) is 6.14. The van der Waals surface area contributed by atoms with Crippen LogP contribution in [0, 0.1) is 6.92 Å². The Balaban J connectivity index is 1.98. The maximum absolute atomic E-state index is 5.85. The van der Waals surface area contributed by atoms with Gasteiger partial charge in [-0.05, 0) is 6.92 Å². The van der Waals surface area contributed by atoms with Gasteiger partial charge in [0.15, 0.2) is 5.75 Å². The van der Waals surface area contributed by atoms with Crippen molar-refractivity contribution in [2.45, 2.75) is 33.2 Å². The predicted octanol–water partition coefficient (Wildman–Crippen LogP) is 1.90. The molecule has 20 heavy (non-hydrogen) atoms. The number of aromatic amines is 1. The summed E-state index contributed by atoms with van der Waals surface area (Å²) < 4.78 is 11.5. The molecule has 0 aromatic carbocycles. The SMILES string of the molecule is Cc1ncc(C=Nc2ncn[nH]2)c2c1OC(C)(C)OC2. The highest BCUT2D eigenvalue weighted by Crippen LogP contribution is 2.34. The van der Waals surface area contributed by atoms with E-state index in [2.05, 4.69) is 25.2 Å². The van der Waals surface area contributed by atoms with Gasteiger partial charge in [0.2, 0.25) is 11.7 Å². The highest BCUT2D eigenvalue weighted by Gasteiger charge is 2.30. The second-order valence-electron chi connectivity index (χ2n) is 4.96. The standard InChI is InChI=1S/C13H15N5O2/c1-8-11-10(6-19-13(2,3)20-11)9(4-14-8)5-15-12-16-7-17-18-12/h4-5,7H,6H2,1-3H3,(H,16,17,18). The number of aromatic nitrogens is 4. The highest BCUT2D eigenvalue weighted by atomic mass is 16.7. The molecule has 3 rings (SSSR count). The van der Waals surface area contributed by atoms with Crippen molar-refractivity contribution >= 4 is 12.2 Å². The van der Waals surface area contributed by atoms with Crippen LogP contribution in [0.15, 0.2) is 17.5 Å². The lowest BCUT2D eigenvalue weighted by Gasteiger charge is -2.33. The zero-order chi connectivity index (χ0) is 14.2. The first kappa shape index (κ1) is 12.7. The molecule has 0 fully saturated rings. The Bertz CT molecular complexity index is 649. The van der Waals surface area contributed by atoms with Gasteiger partial charge < -0.3 is 9.47 Å². The Hall–Kier alpha value is -2.28. The molecule has 1 aliphatic rings. The number of rotatable bonds is 2. The molecule has 0 amide bonds. The molecule has 0 saturated carbocycles. The third kappa shape index (κ3) is 2.39. The smallest absolute Gasteiger partial charge is 0.245 e. The van der Waals surface area contributed by atoms with E-state index in [1.165, 1.54) is 6.33 Å². The van der Waals surface area contributed by atoms with Crippen LogP contribution in [0.5, 0.6) is 5.75 Å². The molecule has 2 aromatic heterocycles. The fourth-order valence-electron chi connectivity index (χ4n) is 1.96. The maximum atomic E-state index is 5.85. The van der Waals surface area contributed by atoms with Gasteiger partial charge >= 0.3 is 0 Å². The van der Waals surface area contributed by atoms with E-state index in [0.717, 1.165) is 22.6 Å². The number of fused-ring (bicyclic) bond motifs is 1. The summed E-state index contributed by atoms with van der Waals surface area (Å²) in [5.74, 6) is 0.570. The van der Waals surface area contributed by atoms with E-state index in [9.17, 15) is 0 Å². The van der Waals surface area contributed by atoms with E-state index in [0.29, 0.717) is 12.6 Å². The topological polar surface area (TPSA) is 85.3 Å². The lowest BCUT2D eigenvalue weighted by Crippen LogP contribution is -2.36. The molecule has 7 heteroatoms. The van der Waals surface area contributed by atoms with Crippen molar-refractivity contribution in [1.82, 2.24) is 20.2 Å². The van der Waals surface area contributed by atoms with E-state index < -0.39 is 5.79 Å². The number of hydrogen-bond donors (Lipinski definition) is 1. The van der Waals surface area contributed by atoms with Gasteiger partial charge in [-0.3, -0.25) is 4.98 Å². The van der Waals surface area contributed by atoms with Crippen LogP contribution in [0.25, 0.3) is 0 Å². The van der Waals surface area contributed by atoms with Crippen molar-refractivity contribution < 1.29 is 9.47 Å². The number of ether oxygens (including phenoxy) is 2. The molecule has 0 spiro atoms. The number of aliphatic imine (C=N–C) groups is 1. The monoisotopic (exact) mass is 273 g/mol. The van der Waals surface area contributed by atoms with Gasteiger partial charge in [0, 0.05) is 37.4 Å². The van der Waals surface area contributed by atoms with Crippen molar-refractivity contribution in [3.05, 3.63) is 29.3 Å². The number of pyridine rings is 1. The Morgan fingerprint density at radius 1 is 1.40 bits per heavy atom. The summed E-state index contributed by atoms with van der Waals surface area (Å²) in [7, 11) is 0. The quantitative estimate of drug-likeness (QED) is 0.845. The zero-order valence-electron chi connectivity index (χ0n) is 11.5. The lowest BCUT2D eigenvalue weighted by atomic mass is 10.1. The first-order valence-corrected chi connectivity index (χ1v) is 6.26. The van der Waals surface area contributed by atoms with Gasteiger partial charge in [0.05, 0.1) is 12.3 Å². The molecule has 0 saturated heterocycles. The van der Waals surface area contributed by atoms with Crippen molar-refractivity contribution in [3.63, 3.8) is 0 Å². The van der Waals surface area contributed by atoms with Crippen LogP contribution >= 0.6 is 0 Å². The Kier molecular flexibility index (Phi) is 2.98. The molecule has 1 N–H and O–H groups in total. The van der Waals surface area contributed by atoms with Gasteiger partial charge in [0.25, 0.3) is 0 Å². The van der Waals surface area contributed by atoms with Crippen molar-refractivity contribution in [1.29, 1.82) is 0 Å². The Morgan fingerprint density at radius 3 is 3.00 bits per heavy atom. The number of nitrogens with zero attached hydrogens (tertiary/aromatic N) is 4. The summed E-state index contributed by atoms with van der Waals surface area (Å²) in [4.78, 5) is 12.5. The fraction of sp³-hybridized carbons (Fsp3) is 0.385. The van der Waals surface area contributed by atoms with Gasteiger partial charge in [-0.2, -0.15) is 10.1 Å². The lowest BCUT2D eigenvalue weighted by molar-refractivity contribution is -0.180. The van der Waals surface area contributed by atoms with Crippen molar-refractivity contribution in [2.24, 2.45) is 4.99 Å². The molecular weight excluding hydrogens is 258 g/mol. The molecule has 104 valence electrons. The largest absolute Gasteiger partial charge is 0.461 e. The predicted molar refractivity (Wildman–Crippen MR) is 72.1 cm³/mol. The molecule has 7 nitrogen and oxygen atoms in total. The molecule has 0 radical (unpaired) electrons. The number of aryl methyl sites for hydroxylation is 1. The normalized spacial score (nSPS) is 16.9. The van der Waals surface area contributed by atoms with Crippen LogP contribution in [0.2, 0.25) is 0 Å². The van der Waals surface area contributed by atoms with E-state index in [1.807, 2.05) is 20.8 Å². The highest BCUT2D eigenvalue weighted by molar-refractivity contribution is 5.84. The van der Waals surface area contributed by atoms with Crippen LogP contribution < -0.4 is 4.74 Å². The summed E-state index contributed by atoms with van der Waals surface area (Å²) in [5.41, 5.74) is 2.63. The van der Waals surface area contributed by atoms with E-state index in [4.69, 9.17) is 9.47 Å². The number of hydrogen-bond acceptors (Lipinski definition) is 6. The first-order chi connectivity index (χ1) is 9.55.